The minimum atomic E-state index is -3.60. The van der Waals surface area contributed by atoms with Gasteiger partial charge in [-0.05, 0) is 35.2 Å². The van der Waals surface area contributed by atoms with E-state index in [-0.39, 0.29) is 4.21 Å². The van der Waals surface area contributed by atoms with Gasteiger partial charge in [-0.2, -0.15) is 0 Å². The standard InChI is InChI=1S/C13H11NO4S2/c15-12(16)7-6-10-3-1-4-11(9-10)14-20(17,18)13-5-2-8-19-13/h1-9,14H,(H,15,16)/p-1. The molecule has 5 nitrogen and oxygen atoms in total. The highest BCUT2D eigenvalue weighted by atomic mass is 32.2. The number of aliphatic carboxylic acids is 1. The Labute approximate surface area is 120 Å². The first-order chi connectivity index (χ1) is 9.47. The second-order valence-corrected chi connectivity index (χ2v) is 6.67. The molecule has 104 valence electrons. The van der Waals surface area contributed by atoms with E-state index < -0.39 is 16.0 Å². The fraction of sp³-hybridized carbons (Fsp3) is 0. The monoisotopic (exact) mass is 308 g/mol. The zero-order chi connectivity index (χ0) is 14.6. The first-order valence-corrected chi connectivity index (χ1v) is 7.89. The van der Waals surface area contributed by atoms with Gasteiger partial charge in [0, 0.05) is 5.69 Å². The van der Waals surface area contributed by atoms with Crippen LogP contribution in [0, 0.1) is 0 Å². The van der Waals surface area contributed by atoms with Crippen molar-refractivity contribution in [1.82, 2.24) is 0 Å². The molecule has 0 saturated heterocycles. The molecule has 7 heteroatoms. The van der Waals surface area contributed by atoms with Gasteiger partial charge < -0.3 is 9.90 Å². The van der Waals surface area contributed by atoms with Gasteiger partial charge in [0.15, 0.2) is 0 Å². The van der Waals surface area contributed by atoms with E-state index in [2.05, 4.69) is 4.72 Å². The molecule has 0 amide bonds. The Bertz CT molecular complexity index is 733. The molecule has 0 fully saturated rings. The Morgan fingerprint density at radius 1 is 1.25 bits per heavy atom. The van der Waals surface area contributed by atoms with E-state index in [9.17, 15) is 18.3 Å². The summed E-state index contributed by atoms with van der Waals surface area (Å²) in [7, 11) is -3.60. The van der Waals surface area contributed by atoms with E-state index >= 15 is 0 Å². The Balaban J connectivity index is 2.22. The molecule has 2 rings (SSSR count). The number of hydrogen-bond acceptors (Lipinski definition) is 5. The van der Waals surface area contributed by atoms with Crippen molar-refractivity contribution in [2.45, 2.75) is 4.21 Å². The molecule has 0 atom stereocenters. The topological polar surface area (TPSA) is 86.3 Å². The molecule has 1 aromatic carbocycles. The van der Waals surface area contributed by atoms with Crippen molar-refractivity contribution < 1.29 is 18.3 Å². The lowest BCUT2D eigenvalue weighted by Gasteiger charge is -2.06. The predicted octanol–water partition coefficient (Wildman–Crippen LogP) is 1.31. The summed E-state index contributed by atoms with van der Waals surface area (Å²) >= 11 is 1.12. The summed E-state index contributed by atoms with van der Waals surface area (Å²) in [6.07, 6.45) is 2.21. The predicted molar refractivity (Wildman–Crippen MR) is 75.6 cm³/mol. The molecular weight excluding hydrogens is 298 g/mol. The molecule has 0 aliphatic heterocycles. The zero-order valence-corrected chi connectivity index (χ0v) is 11.8. The number of hydrogen-bond donors (Lipinski definition) is 1. The molecule has 0 radical (unpaired) electrons. The molecule has 0 spiro atoms. The summed E-state index contributed by atoms with van der Waals surface area (Å²) in [5.41, 5.74) is 0.916. The Kier molecular flexibility index (Phi) is 4.21. The van der Waals surface area contributed by atoms with E-state index in [0.29, 0.717) is 11.3 Å². The van der Waals surface area contributed by atoms with Gasteiger partial charge in [-0.1, -0.05) is 24.3 Å². The molecule has 2 aromatic rings. The second-order valence-electron chi connectivity index (χ2n) is 3.82. The average molecular weight is 308 g/mol. The fourth-order valence-corrected chi connectivity index (χ4v) is 3.53. The minimum Gasteiger partial charge on any atom is -0.545 e. The third-order valence-electron chi connectivity index (χ3n) is 2.31. The molecule has 1 aromatic heterocycles. The van der Waals surface area contributed by atoms with Crippen molar-refractivity contribution in [2.24, 2.45) is 0 Å². The van der Waals surface area contributed by atoms with Crippen LogP contribution in [0.25, 0.3) is 6.08 Å². The summed E-state index contributed by atoms with van der Waals surface area (Å²) in [6.45, 7) is 0. The van der Waals surface area contributed by atoms with Crippen molar-refractivity contribution in [2.75, 3.05) is 4.72 Å². The van der Waals surface area contributed by atoms with E-state index in [4.69, 9.17) is 0 Å². The van der Waals surface area contributed by atoms with Crippen LogP contribution in [0.4, 0.5) is 5.69 Å². The van der Waals surface area contributed by atoms with Crippen LogP contribution in [0.1, 0.15) is 5.56 Å². The van der Waals surface area contributed by atoms with E-state index in [1.807, 2.05) is 0 Å². The number of anilines is 1. The summed E-state index contributed by atoms with van der Waals surface area (Å²) in [4.78, 5) is 10.3. The number of sulfonamides is 1. The minimum absolute atomic E-state index is 0.216. The number of benzene rings is 1. The van der Waals surface area contributed by atoms with Gasteiger partial charge in [-0.3, -0.25) is 4.72 Å². The largest absolute Gasteiger partial charge is 0.545 e. The zero-order valence-electron chi connectivity index (χ0n) is 10.1. The van der Waals surface area contributed by atoms with Crippen LogP contribution in [0.2, 0.25) is 0 Å². The smallest absolute Gasteiger partial charge is 0.271 e. The number of carboxylic acids is 1. The Morgan fingerprint density at radius 2 is 2.05 bits per heavy atom. The van der Waals surface area contributed by atoms with Crippen molar-refractivity contribution >= 4 is 39.1 Å². The maximum absolute atomic E-state index is 12.0. The molecule has 1 heterocycles. The van der Waals surface area contributed by atoms with Crippen LogP contribution in [0.3, 0.4) is 0 Å². The summed E-state index contributed by atoms with van der Waals surface area (Å²) in [6, 6.07) is 9.56. The Morgan fingerprint density at radius 3 is 2.70 bits per heavy atom. The number of carbonyl (C=O) groups is 1. The van der Waals surface area contributed by atoms with Crippen LogP contribution >= 0.6 is 11.3 Å². The van der Waals surface area contributed by atoms with Gasteiger partial charge in [-0.15, -0.1) is 11.3 Å². The molecule has 0 unspecified atom stereocenters. The summed E-state index contributed by atoms with van der Waals surface area (Å²) in [5.74, 6) is -1.31. The van der Waals surface area contributed by atoms with Crippen molar-refractivity contribution in [3.8, 4) is 0 Å². The number of carboxylic acid groups (broad SMARTS) is 1. The maximum Gasteiger partial charge on any atom is 0.271 e. The highest BCUT2D eigenvalue weighted by molar-refractivity contribution is 7.94. The molecule has 0 aliphatic carbocycles. The number of carbonyl (C=O) groups excluding carboxylic acids is 1. The van der Waals surface area contributed by atoms with E-state index in [0.717, 1.165) is 17.4 Å². The SMILES string of the molecule is O=C([O-])C=Cc1cccc(NS(=O)(=O)c2cccs2)c1. The molecule has 0 saturated carbocycles. The molecule has 0 aliphatic rings. The van der Waals surface area contributed by atoms with Crippen molar-refractivity contribution in [3.63, 3.8) is 0 Å². The van der Waals surface area contributed by atoms with Gasteiger partial charge >= 0.3 is 0 Å². The number of nitrogens with one attached hydrogen (secondary N) is 1. The maximum atomic E-state index is 12.0. The van der Waals surface area contributed by atoms with Crippen LogP contribution in [-0.4, -0.2) is 14.4 Å². The van der Waals surface area contributed by atoms with Gasteiger partial charge in [0.05, 0.1) is 5.97 Å². The lowest BCUT2D eigenvalue weighted by Crippen LogP contribution is -2.18. The van der Waals surface area contributed by atoms with Gasteiger partial charge in [0.1, 0.15) is 4.21 Å². The van der Waals surface area contributed by atoms with Crippen LogP contribution in [0.5, 0.6) is 0 Å². The first-order valence-electron chi connectivity index (χ1n) is 5.53. The highest BCUT2D eigenvalue weighted by Gasteiger charge is 2.14. The summed E-state index contributed by atoms with van der Waals surface area (Å²) in [5, 5.41) is 12.0. The van der Waals surface area contributed by atoms with E-state index in [1.54, 1.807) is 29.6 Å². The van der Waals surface area contributed by atoms with Gasteiger partial charge in [0.25, 0.3) is 10.0 Å². The normalized spacial score (nSPS) is 11.6. The molecule has 0 bridgehead atoms. The third-order valence-corrected chi connectivity index (χ3v) is 5.09. The average Bonchev–Trinajstić information content (AvgIpc) is 2.91. The lowest BCUT2D eigenvalue weighted by atomic mass is 10.2. The molecular formula is C13H10NO4S2-. The molecule has 20 heavy (non-hydrogen) atoms. The molecule has 1 N–H and O–H groups in total. The first kappa shape index (κ1) is 14.3. The van der Waals surface area contributed by atoms with Crippen LogP contribution in [-0.2, 0) is 14.8 Å². The van der Waals surface area contributed by atoms with Crippen molar-refractivity contribution in [1.29, 1.82) is 0 Å². The van der Waals surface area contributed by atoms with Crippen LogP contribution < -0.4 is 9.83 Å². The number of rotatable bonds is 5. The fourth-order valence-electron chi connectivity index (χ4n) is 1.49. The highest BCUT2D eigenvalue weighted by Crippen LogP contribution is 2.21. The summed E-state index contributed by atoms with van der Waals surface area (Å²) < 4.78 is 26.7. The number of thiophene rings is 1. The Hall–Kier alpha value is -2.12. The van der Waals surface area contributed by atoms with Gasteiger partial charge in [-0.25, -0.2) is 8.42 Å². The second kappa shape index (κ2) is 5.89. The van der Waals surface area contributed by atoms with Gasteiger partial charge in [0.2, 0.25) is 0 Å². The lowest BCUT2D eigenvalue weighted by molar-refractivity contribution is -0.297. The van der Waals surface area contributed by atoms with Crippen molar-refractivity contribution in [3.05, 3.63) is 53.4 Å². The third kappa shape index (κ3) is 3.69. The van der Waals surface area contributed by atoms with Crippen LogP contribution in [0.15, 0.2) is 52.1 Å². The van der Waals surface area contributed by atoms with E-state index in [1.165, 1.54) is 18.2 Å². The quantitative estimate of drug-likeness (QED) is 0.844.